The van der Waals surface area contributed by atoms with Gasteiger partial charge in [-0.3, -0.25) is 4.79 Å². The number of pyridine rings is 1. The number of thiophene rings is 1. The van der Waals surface area contributed by atoms with Gasteiger partial charge in [0.2, 0.25) is 10.0 Å². The van der Waals surface area contributed by atoms with E-state index in [9.17, 15) is 13.2 Å². The Hall–Kier alpha value is -1.97. The summed E-state index contributed by atoms with van der Waals surface area (Å²) in [5, 5.41) is 4.55. The SMILES string of the molecule is Cc1ccsc1C(=O)NCCS(=O)(=O)N1CCN(c2ccccn2)CC1. The van der Waals surface area contributed by atoms with Crippen LogP contribution in [0, 0.1) is 6.92 Å². The van der Waals surface area contributed by atoms with E-state index in [1.165, 1.54) is 15.6 Å². The van der Waals surface area contributed by atoms with Crippen molar-refractivity contribution in [2.75, 3.05) is 43.4 Å². The van der Waals surface area contributed by atoms with Crippen LogP contribution in [0.2, 0.25) is 0 Å². The molecular weight excluding hydrogens is 372 g/mol. The minimum atomic E-state index is -3.39. The number of aryl methyl sites for hydroxylation is 1. The molecule has 0 bridgehead atoms. The average Bonchev–Trinajstić information content (AvgIpc) is 3.08. The van der Waals surface area contributed by atoms with Crippen molar-refractivity contribution in [3.05, 3.63) is 46.3 Å². The first-order valence-electron chi connectivity index (χ1n) is 8.43. The molecule has 0 unspecified atom stereocenters. The second kappa shape index (κ2) is 8.15. The fraction of sp³-hybridized carbons (Fsp3) is 0.412. The van der Waals surface area contributed by atoms with E-state index in [1.54, 1.807) is 6.20 Å². The van der Waals surface area contributed by atoms with E-state index >= 15 is 0 Å². The minimum absolute atomic E-state index is 0.0905. The van der Waals surface area contributed by atoms with Crippen molar-refractivity contribution < 1.29 is 13.2 Å². The monoisotopic (exact) mass is 394 g/mol. The maximum absolute atomic E-state index is 12.5. The predicted molar refractivity (Wildman–Crippen MR) is 103 cm³/mol. The first-order chi connectivity index (χ1) is 12.5. The van der Waals surface area contributed by atoms with Crippen LogP contribution in [0.3, 0.4) is 0 Å². The standard InChI is InChI=1S/C17H22N4O3S2/c1-14-5-12-25-16(14)17(22)19-7-13-26(23,24)21-10-8-20(9-11-21)15-4-2-3-6-18-15/h2-6,12H,7-11,13H2,1H3,(H,19,22). The van der Waals surface area contributed by atoms with Crippen LogP contribution >= 0.6 is 11.3 Å². The van der Waals surface area contributed by atoms with Gasteiger partial charge in [-0.15, -0.1) is 11.3 Å². The summed E-state index contributed by atoms with van der Waals surface area (Å²) >= 11 is 1.36. The summed E-state index contributed by atoms with van der Waals surface area (Å²) in [4.78, 5) is 19.1. The lowest BCUT2D eigenvalue weighted by atomic mass is 10.3. The number of carbonyl (C=O) groups excluding carboxylic acids is 1. The number of hydrogen-bond acceptors (Lipinski definition) is 6. The summed E-state index contributed by atoms with van der Waals surface area (Å²) in [6.07, 6.45) is 1.73. The summed E-state index contributed by atoms with van der Waals surface area (Å²) in [6, 6.07) is 7.57. The number of anilines is 1. The zero-order valence-corrected chi connectivity index (χ0v) is 16.2. The van der Waals surface area contributed by atoms with Crippen LogP contribution in [0.15, 0.2) is 35.8 Å². The maximum atomic E-state index is 12.5. The highest BCUT2D eigenvalue weighted by molar-refractivity contribution is 7.89. The lowest BCUT2D eigenvalue weighted by molar-refractivity contribution is 0.0959. The fourth-order valence-electron chi connectivity index (χ4n) is 2.84. The van der Waals surface area contributed by atoms with E-state index in [-0.39, 0.29) is 18.2 Å². The summed E-state index contributed by atoms with van der Waals surface area (Å²) in [5.74, 6) is 0.558. The molecule has 2 aromatic rings. The van der Waals surface area contributed by atoms with Crippen molar-refractivity contribution in [1.82, 2.24) is 14.6 Å². The lowest BCUT2D eigenvalue weighted by Crippen LogP contribution is -2.50. The van der Waals surface area contributed by atoms with Crippen LogP contribution in [0.1, 0.15) is 15.2 Å². The third-order valence-corrected chi connectivity index (χ3v) is 7.21. The Morgan fingerprint density at radius 3 is 2.62 bits per heavy atom. The molecule has 3 rings (SSSR count). The first kappa shape index (κ1) is 18.8. The smallest absolute Gasteiger partial charge is 0.261 e. The number of carbonyl (C=O) groups is 1. The highest BCUT2D eigenvalue weighted by atomic mass is 32.2. The molecule has 0 spiro atoms. The lowest BCUT2D eigenvalue weighted by Gasteiger charge is -2.34. The summed E-state index contributed by atoms with van der Waals surface area (Å²) in [7, 11) is -3.39. The molecule has 0 radical (unpaired) electrons. The number of piperazine rings is 1. The molecule has 1 aliphatic heterocycles. The van der Waals surface area contributed by atoms with Crippen molar-refractivity contribution >= 4 is 33.1 Å². The van der Waals surface area contributed by atoms with E-state index in [0.29, 0.717) is 31.1 Å². The minimum Gasteiger partial charge on any atom is -0.354 e. The fourth-order valence-corrected chi connectivity index (χ4v) is 5.02. The number of sulfonamides is 1. The van der Waals surface area contributed by atoms with Crippen LogP contribution in [0.5, 0.6) is 0 Å². The van der Waals surface area contributed by atoms with Crippen LogP contribution in [-0.2, 0) is 10.0 Å². The third-order valence-electron chi connectivity index (χ3n) is 4.32. The molecule has 0 saturated carbocycles. The Bertz CT molecular complexity index is 844. The molecule has 1 N–H and O–H groups in total. The highest BCUT2D eigenvalue weighted by Crippen LogP contribution is 2.16. The normalized spacial score (nSPS) is 15.8. The van der Waals surface area contributed by atoms with Crippen LogP contribution in [0.4, 0.5) is 5.82 Å². The van der Waals surface area contributed by atoms with E-state index in [4.69, 9.17) is 0 Å². The Labute approximate surface area is 157 Å². The zero-order valence-electron chi connectivity index (χ0n) is 14.6. The number of rotatable bonds is 6. The molecule has 0 aromatic carbocycles. The van der Waals surface area contributed by atoms with Crippen molar-refractivity contribution in [3.63, 3.8) is 0 Å². The predicted octanol–water partition coefficient (Wildman–Crippen LogP) is 1.33. The topological polar surface area (TPSA) is 82.6 Å². The number of nitrogens with one attached hydrogen (secondary N) is 1. The van der Waals surface area contributed by atoms with Crippen molar-refractivity contribution in [2.45, 2.75) is 6.92 Å². The van der Waals surface area contributed by atoms with Gasteiger partial charge in [-0.05, 0) is 36.1 Å². The van der Waals surface area contributed by atoms with Gasteiger partial charge in [0, 0.05) is 38.9 Å². The molecule has 3 heterocycles. The van der Waals surface area contributed by atoms with Gasteiger partial charge in [-0.1, -0.05) is 6.07 Å². The van der Waals surface area contributed by atoms with Gasteiger partial charge in [-0.2, -0.15) is 4.31 Å². The largest absolute Gasteiger partial charge is 0.354 e. The van der Waals surface area contributed by atoms with Gasteiger partial charge in [0.25, 0.3) is 5.91 Å². The van der Waals surface area contributed by atoms with E-state index in [1.807, 2.05) is 36.6 Å². The Morgan fingerprint density at radius 2 is 2.00 bits per heavy atom. The number of nitrogens with zero attached hydrogens (tertiary/aromatic N) is 3. The molecule has 1 fully saturated rings. The van der Waals surface area contributed by atoms with E-state index in [2.05, 4.69) is 15.2 Å². The van der Waals surface area contributed by atoms with Gasteiger partial charge in [-0.25, -0.2) is 13.4 Å². The zero-order chi connectivity index (χ0) is 18.6. The number of aromatic nitrogens is 1. The maximum Gasteiger partial charge on any atom is 0.261 e. The Balaban J connectivity index is 1.48. The summed E-state index contributed by atoms with van der Waals surface area (Å²) < 4.78 is 26.5. The van der Waals surface area contributed by atoms with Gasteiger partial charge in [0.15, 0.2) is 0 Å². The second-order valence-electron chi connectivity index (χ2n) is 6.08. The van der Waals surface area contributed by atoms with Crippen molar-refractivity contribution in [3.8, 4) is 0 Å². The van der Waals surface area contributed by atoms with Gasteiger partial charge >= 0.3 is 0 Å². The molecular formula is C17H22N4O3S2. The first-order valence-corrected chi connectivity index (χ1v) is 10.9. The molecule has 7 nitrogen and oxygen atoms in total. The Morgan fingerprint density at radius 1 is 1.23 bits per heavy atom. The molecule has 2 aromatic heterocycles. The molecule has 140 valence electrons. The summed E-state index contributed by atoms with van der Waals surface area (Å²) in [5.41, 5.74) is 0.904. The number of amides is 1. The quantitative estimate of drug-likeness (QED) is 0.799. The van der Waals surface area contributed by atoms with E-state index in [0.717, 1.165) is 11.4 Å². The molecule has 26 heavy (non-hydrogen) atoms. The van der Waals surface area contributed by atoms with Crippen LogP contribution in [0.25, 0.3) is 0 Å². The highest BCUT2D eigenvalue weighted by Gasteiger charge is 2.27. The van der Waals surface area contributed by atoms with Crippen LogP contribution < -0.4 is 10.2 Å². The van der Waals surface area contributed by atoms with E-state index < -0.39 is 10.0 Å². The van der Waals surface area contributed by atoms with Crippen molar-refractivity contribution in [2.24, 2.45) is 0 Å². The molecule has 1 aliphatic rings. The molecule has 9 heteroatoms. The van der Waals surface area contributed by atoms with Crippen molar-refractivity contribution in [1.29, 1.82) is 0 Å². The van der Waals surface area contributed by atoms with Crippen LogP contribution in [-0.4, -0.2) is 62.1 Å². The van der Waals surface area contributed by atoms with Gasteiger partial charge in [0.1, 0.15) is 5.82 Å². The number of hydrogen-bond donors (Lipinski definition) is 1. The van der Waals surface area contributed by atoms with Gasteiger partial charge in [0.05, 0.1) is 10.6 Å². The summed E-state index contributed by atoms with van der Waals surface area (Å²) in [6.45, 7) is 4.05. The Kier molecular flexibility index (Phi) is 5.90. The van der Waals surface area contributed by atoms with Gasteiger partial charge < -0.3 is 10.2 Å². The molecule has 0 atom stereocenters. The molecule has 1 saturated heterocycles. The average molecular weight is 395 g/mol. The molecule has 1 amide bonds. The third kappa shape index (κ3) is 4.40. The molecule has 0 aliphatic carbocycles. The second-order valence-corrected chi connectivity index (χ2v) is 9.08.